The Morgan fingerprint density at radius 2 is 1.06 bits per heavy atom. The summed E-state index contributed by atoms with van der Waals surface area (Å²) in [6.45, 7) is 0. The molecule has 0 radical (unpaired) electrons. The molecule has 4 aromatic heterocycles. The third kappa shape index (κ3) is 4.40. The molecule has 0 aliphatic carbocycles. The van der Waals surface area contributed by atoms with E-state index >= 15 is 0 Å². The Labute approximate surface area is 307 Å². The molecule has 0 bridgehead atoms. The van der Waals surface area contributed by atoms with E-state index < -0.39 is 0 Å². The van der Waals surface area contributed by atoms with Crippen molar-refractivity contribution in [3.05, 3.63) is 163 Å². The van der Waals surface area contributed by atoms with Gasteiger partial charge in [0.1, 0.15) is 6.07 Å². The molecule has 11 aromatic rings. The monoisotopic (exact) mass is 694 g/mol. The van der Waals surface area contributed by atoms with Crippen molar-refractivity contribution < 1.29 is 0 Å². The van der Waals surface area contributed by atoms with Gasteiger partial charge in [0.05, 0.1) is 33.3 Å². The maximum atomic E-state index is 10.8. The van der Waals surface area contributed by atoms with Crippen LogP contribution in [0.5, 0.6) is 0 Å². The Morgan fingerprint density at radius 3 is 1.77 bits per heavy atom. The minimum atomic E-state index is 0.493. The van der Waals surface area contributed by atoms with Crippen LogP contribution in [0.1, 0.15) is 5.56 Å². The van der Waals surface area contributed by atoms with Crippen LogP contribution in [-0.4, -0.2) is 24.1 Å². The lowest BCUT2D eigenvalue weighted by Gasteiger charge is -2.13. The van der Waals surface area contributed by atoms with Crippen molar-refractivity contribution in [2.45, 2.75) is 0 Å². The summed E-state index contributed by atoms with van der Waals surface area (Å²) in [5, 5.41) is 17.9. The van der Waals surface area contributed by atoms with Gasteiger partial charge in [-0.15, -0.1) is 11.3 Å². The minimum absolute atomic E-state index is 0.493. The van der Waals surface area contributed by atoms with Gasteiger partial charge in [0.2, 0.25) is 5.95 Å². The molecule has 0 N–H and O–H groups in total. The van der Waals surface area contributed by atoms with Crippen molar-refractivity contribution >= 4 is 75.1 Å². The predicted octanol–water partition coefficient (Wildman–Crippen LogP) is 11.6. The van der Waals surface area contributed by atoms with Crippen LogP contribution < -0.4 is 0 Å². The van der Waals surface area contributed by atoms with Crippen molar-refractivity contribution in [2.24, 2.45) is 0 Å². The van der Waals surface area contributed by atoms with Crippen LogP contribution in [0.3, 0.4) is 0 Å². The molecule has 0 spiro atoms. The summed E-state index contributed by atoms with van der Waals surface area (Å²) in [6, 6.07) is 56.6. The molecule has 0 atom stereocenters. The first-order valence-electron chi connectivity index (χ1n) is 17.4. The lowest BCUT2D eigenvalue weighted by atomic mass is 10.1. The van der Waals surface area contributed by atoms with E-state index in [9.17, 15) is 5.26 Å². The van der Waals surface area contributed by atoms with E-state index in [-0.39, 0.29) is 0 Å². The molecule has 0 saturated heterocycles. The maximum absolute atomic E-state index is 10.8. The van der Waals surface area contributed by atoms with Crippen molar-refractivity contribution in [1.29, 1.82) is 5.26 Å². The molecule has 6 nitrogen and oxygen atoms in total. The fourth-order valence-corrected chi connectivity index (χ4v) is 9.06. The Bertz CT molecular complexity index is 3260. The van der Waals surface area contributed by atoms with Gasteiger partial charge in [-0.1, -0.05) is 103 Å². The molecule has 4 heterocycles. The standard InChI is InChI=1S/C46H26N6S/c47-27-30-26-29(22-23-35(30)51-38-20-10-6-16-33(38)42-39(51)24-25-41-43(42)34-17-7-11-21-40(34)53-41)45-48-44(28-12-2-1-3-13-28)49-46(50-45)52-36-18-8-4-14-31(36)32-15-5-9-19-37(32)52/h1-26H. The first-order valence-corrected chi connectivity index (χ1v) is 18.3. The predicted molar refractivity (Wildman–Crippen MR) is 217 cm³/mol. The molecule has 53 heavy (non-hydrogen) atoms. The van der Waals surface area contributed by atoms with E-state index in [1.165, 1.54) is 25.6 Å². The van der Waals surface area contributed by atoms with E-state index in [1.54, 1.807) is 0 Å². The molecular formula is C46H26N6S. The number of nitrogens with zero attached hydrogens (tertiary/aromatic N) is 6. The topological polar surface area (TPSA) is 72.3 Å². The fourth-order valence-electron chi connectivity index (χ4n) is 7.94. The Balaban J connectivity index is 1.15. The van der Waals surface area contributed by atoms with Crippen molar-refractivity contribution in [2.75, 3.05) is 0 Å². The summed E-state index contributed by atoms with van der Waals surface area (Å²) in [5.41, 5.74) is 7.09. The number of aromatic nitrogens is 5. The first-order chi connectivity index (χ1) is 26.2. The summed E-state index contributed by atoms with van der Waals surface area (Å²) < 4.78 is 6.85. The maximum Gasteiger partial charge on any atom is 0.238 e. The van der Waals surface area contributed by atoms with E-state index in [4.69, 9.17) is 15.0 Å². The first kappa shape index (κ1) is 29.6. The summed E-state index contributed by atoms with van der Waals surface area (Å²) >= 11 is 1.82. The zero-order chi connectivity index (χ0) is 35.0. The van der Waals surface area contributed by atoms with E-state index in [1.807, 2.05) is 72.0 Å². The third-order valence-corrected chi connectivity index (χ3v) is 11.4. The fraction of sp³-hybridized carbons (Fsp3) is 0. The number of para-hydroxylation sites is 3. The number of fused-ring (bicyclic) bond motifs is 10. The zero-order valence-corrected chi connectivity index (χ0v) is 28.9. The van der Waals surface area contributed by atoms with Crippen molar-refractivity contribution in [3.63, 3.8) is 0 Å². The molecular weight excluding hydrogens is 669 g/mol. The Morgan fingerprint density at radius 1 is 0.453 bits per heavy atom. The second kappa shape index (κ2) is 11.4. The molecule has 7 heteroatoms. The largest absolute Gasteiger partial charge is 0.308 e. The Kier molecular flexibility index (Phi) is 6.38. The van der Waals surface area contributed by atoms with E-state index in [0.717, 1.165) is 55.0 Å². The van der Waals surface area contributed by atoms with Gasteiger partial charge in [0.15, 0.2) is 11.6 Å². The van der Waals surface area contributed by atoms with Crippen LogP contribution in [0.25, 0.3) is 98.2 Å². The van der Waals surface area contributed by atoms with Crippen LogP contribution in [0.2, 0.25) is 0 Å². The van der Waals surface area contributed by atoms with Crippen LogP contribution in [0.4, 0.5) is 0 Å². The summed E-state index contributed by atoms with van der Waals surface area (Å²) in [6.07, 6.45) is 0. The number of nitriles is 1. The highest BCUT2D eigenvalue weighted by molar-refractivity contribution is 7.26. The van der Waals surface area contributed by atoms with Gasteiger partial charge in [-0.25, -0.2) is 4.98 Å². The highest BCUT2D eigenvalue weighted by atomic mass is 32.1. The van der Waals surface area contributed by atoms with Gasteiger partial charge < -0.3 is 4.57 Å². The molecule has 246 valence electrons. The van der Waals surface area contributed by atoms with Gasteiger partial charge in [-0.05, 0) is 54.6 Å². The lowest BCUT2D eigenvalue weighted by molar-refractivity contribution is 0.953. The van der Waals surface area contributed by atoms with Crippen LogP contribution >= 0.6 is 11.3 Å². The van der Waals surface area contributed by atoms with Gasteiger partial charge in [-0.3, -0.25) is 4.57 Å². The number of thiophene rings is 1. The SMILES string of the molecule is N#Cc1cc(-c2nc(-c3ccccc3)nc(-n3c4ccccc4c4ccccc43)n2)ccc1-n1c2ccccc2c2c3c(ccc21)sc1ccccc13. The lowest BCUT2D eigenvalue weighted by Crippen LogP contribution is -2.06. The van der Waals surface area contributed by atoms with Gasteiger partial charge in [0, 0.05) is 52.8 Å². The summed E-state index contributed by atoms with van der Waals surface area (Å²) in [7, 11) is 0. The normalized spacial score (nSPS) is 11.8. The highest BCUT2D eigenvalue weighted by Gasteiger charge is 2.21. The quantitative estimate of drug-likeness (QED) is 0.184. The van der Waals surface area contributed by atoms with Crippen molar-refractivity contribution in [3.8, 4) is 40.5 Å². The number of hydrogen-bond donors (Lipinski definition) is 0. The number of benzene rings is 7. The molecule has 7 aromatic carbocycles. The van der Waals surface area contributed by atoms with Crippen LogP contribution in [0.15, 0.2) is 158 Å². The smallest absolute Gasteiger partial charge is 0.238 e. The molecule has 0 amide bonds. The third-order valence-electron chi connectivity index (χ3n) is 10.2. The number of rotatable bonds is 4. The van der Waals surface area contributed by atoms with Gasteiger partial charge >= 0.3 is 0 Å². The van der Waals surface area contributed by atoms with Crippen LogP contribution in [0, 0.1) is 11.3 Å². The van der Waals surface area contributed by atoms with Crippen LogP contribution in [-0.2, 0) is 0 Å². The van der Waals surface area contributed by atoms with Gasteiger partial charge in [0.25, 0.3) is 0 Å². The number of hydrogen-bond acceptors (Lipinski definition) is 5. The van der Waals surface area contributed by atoms with E-state index in [0.29, 0.717) is 23.2 Å². The molecule has 11 rings (SSSR count). The highest BCUT2D eigenvalue weighted by Crippen LogP contribution is 2.44. The second-order valence-electron chi connectivity index (χ2n) is 13.1. The average molecular weight is 695 g/mol. The second-order valence-corrected chi connectivity index (χ2v) is 14.2. The molecule has 0 fully saturated rings. The molecule has 0 aliphatic rings. The summed E-state index contributed by atoms with van der Waals surface area (Å²) in [5.74, 6) is 1.57. The summed E-state index contributed by atoms with van der Waals surface area (Å²) in [4.78, 5) is 15.2. The average Bonchev–Trinajstić information content (AvgIpc) is 3.88. The molecule has 0 saturated carbocycles. The molecule has 0 aliphatic heterocycles. The van der Waals surface area contributed by atoms with Crippen molar-refractivity contribution in [1.82, 2.24) is 24.1 Å². The Hall–Kier alpha value is -7.14. The van der Waals surface area contributed by atoms with E-state index in [2.05, 4.69) is 112 Å². The zero-order valence-electron chi connectivity index (χ0n) is 28.1. The van der Waals surface area contributed by atoms with Gasteiger partial charge in [-0.2, -0.15) is 15.2 Å². The molecule has 0 unspecified atom stereocenters. The minimum Gasteiger partial charge on any atom is -0.308 e.